The topological polar surface area (TPSA) is 26.3 Å². The van der Waals surface area contributed by atoms with Crippen LogP contribution < -0.4 is 0 Å². The third-order valence-corrected chi connectivity index (χ3v) is 6.45. The van der Waals surface area contributed by atoms with Crippen LogP contribution in [-0.2, 0) is 9.53 Å². The van der Waals surface area contributed by atoms with E-state index in [0.29, 0.717) is 17.3 Å². The van der Waals surface area contributed by atoms with E-state index in [9.17, 15) is 4.79 Å². The fourth-order valence-corrected chi connectivity index (χ4v) is 5.77. The van der Waals surface area contributed by atoms with Crippen molar-refractivity contribution >= 4 is 5.97 Å². The predicted octanol–water partition coefficient (Wildman–Crippen LogP) is 3.96. The Morgan fingerprint density at radius 2 is 2.00 bits per heavy atom. The number of ether oxygens (including phenoxy) is 1. The molecule has 0 heterocycles. The summed E-state index contributed by atoms with van der Waals surface area (Å²) in [6, 6.07) is 0. The minimum Gasteiger partial charge on any atom is -0.458 e. The molecule has 0 unspecified atom stereocenters. The highest BCUT2D eigenvalue weighted by Crippen LogP contribution is 2.72. The summed E-state index contributed by atoms with van der Waals surface area (Å²) in [5.41, 5.74) is 1.88. The summed E-state index contributed by atoms with van der Waals surface area (Å²) >= 11 is 0. The van der Waals surface area contributed by atoms with Crippen LogP contribution in [0.15, 0.2) is 12.2 Å². The summed E-state index contributed by atoms with van der Waals surface area (Å²) in [7, 11) is 0. The molecular formula is C17H26O2. The average molecular weight is 262 g/mol. The van der Waals surface area contributed by atoms with Gasteiger partial charge in [-0.25, -0.2) is 0 Å². The molecule has 0 aromatic heterocycles. The van der Waals surface area contributed by atoms with E-state index in [4.69, 9.17) is 4.74 Å². The van der Waals surface area contributed by atoms with Crippen LogP contribution in [0.5, 0.6) is 0 Å². The first kappa shape index (κ1) is 13.2. The van der Waals surface area contributed by atoms with Crippen molar-refractivity contribution in [2.45, 2.75) is 59.5 Å². The highest BCUT2D eigenvalue weighted by atomic mass is 16.5. The third-order valence-electron chi connectivity index (χ3n) is 6.45. The van der Waals surface area contributed by atoms with Crippen LogP contribution in [0.2, 0.25) is 0 Å². The van der Waals surface area contributed by atoms with Crippen molar-refractivity contribution in [1.82, 2.24) is 0 Å². The first-order valence-corrected chi connectivity index (χ1v) is 7.65. The molecule has 0 saturated heterocycles. The van der Waals surface area contributed by atoms with Gasteiger partial charge in [-0.05, 0) is 54.4 Å². The van der Waals surface area contributed by atoms with Crippen molar-refractivity contribution in [3.05, 3.63) is 12.2 Å². The van der Waals surface area contributed by atoms with E-state index in [0.717, 1.165) is 12.3 Å². The van der Waals surface area contributed by atoms with E-state index in [1.807, 2.05) is 0 Å². The minimum absolute atomic E-state index is 0.0263. The Morgan fingerprint density at radius 3 is 2.58 bits per heavy atom. The molecule has 0 N–H and O–H groups in total. The van der Waals surface area contributed by atoms with Crippen molar-refractivity contribution in [2.75, 3.05) is 0 Å². The Labute approximate surface area is 116 Å². The van der Waals surface area contributed by atoms with Crippen molar-refractivity contribution in [3.8, 4) is 0 Å². The van der Waals surface area contributed by atoms with Crippen LogP contribution in [0.1, 0.15) is 53.4 Å². The zero-order valence-electron chi connectivity index (χ0n) is 12.7. The lowest BCUT2D eigenvalue weighted by molar-refractivity contribution is -0.144. The van der Waals surface area contributed by atoms with Crippen LogP contribution in [-0.4, -0.2) is 12.1 Å². The maximum atomic E-state index is 11.3. The van der Waals surface area contributed by atoms with E-state index >= 15 is 0 Å². The summed E-state index contributed by atoms with van der Waals surface area (Å²) in [5.74, 6) is 1.98. The molecule has 0 radical (unpaired) electrons. The SMILES string of the molecule is C=C1[C@@H](OC(C)=O)C[C@@H]2[C@H]3CC[C@@H](C)[C@@]12CC3(C)C. The zero-order valence-corrected chi connectivity index (χ0v) is 12.7. The molecule has 106 valence electrons. The van der Waals surface area contributed by atoms with Crippen LogP contribution in [0.3, 0.4) is 0 Å². The molecule has 5 atom stereocenters. The highest BCUT2D eigenvalue weighted by Gasteiger charge is 2.66. The van der Waals surface area contributed by atoms with Gasteiger partial charge in [0.05, 0.1) is 0 Å². The number of hydrogen-bond acceptors (Lipinski definition) is 2. The Morgan fingerprint density at radius 1 is 1.32 bits per heavy atom. The van der Waals surface area contributed by atoms with Gasteiger partial charge in [0.2, 0.25) is 0 Å². The van der Waals surface area contributed by atoms with Gasteiger partial charge < -0.3 is 4.74 Å². The summed E-state index contributed by atoms with van der Waals surface area (Å²) in [6.07, 6.45) is 4.85. The number of esters is 1. The van der Waals surface area contributed by atoms with Crippen molar-refractivity contribution < 1.29 is 9.53 Å². The number of carbonyl (C=O) groups is 1. The fourth-order valence-electron chi connectivity index (χ4n) is 5.77. The Kier molecular flexibility index (Phi) is 2.69. The third kappa shape index (κ3) is 1.58. The van der Waals surface area contributed by atoms with Crippen molar-refractivity contribution in [1.29, 1.82) is 0 Å². The van der Waals surface area contributed by atoms with Gasteiger partial charge in [0.25, 0.3) is 0 Å². The molecule has 2 bridgehead atoms. The molecule has 0 aromatic carbocycles. The molecular weight excluding hydrogens is 236 g/mol. The molecule has 0 spiro atoms. The second-order valence-corrected chi connectivity index (χ2v) is 7.76. The molecule has 2 nitrogen and oxygen atoms in total. The fraction of sp³-hybridized carbons (Fsp3) is 0.824. The van der Waals surface area contributed by atoms with Gasteiger partial charge in [-0.3, -0.25) is 4.79 Å². The smallest absolute Gasteiger partial charge is 0.303 e. The van der Waals surface area contributed by atoms with E-state index in [1.165, 1.54) is 31.8 Å². The second-order valence-electron chi connectivity index (χ2n) is 7.76. The molecule has 19 heavy (non-hydrogen) atoms. The zero-order chi connectivity index (χ0) is 14.0. The lowest BCUT2D eigenvalue weighted by atomic mass is 9.62. The van der Waals surface area contributed by atoms with Gasteiger partial charge in [-0.15, -0.1) is 0 Å². The number of hydrogen-bond donors (Lipinski definition) is 0. The number of carbonyl (C=O) groups excluding carboxylic acids is 1. The Balaban J connectivity index is 1.98. The summed E-state index contributed by atoms with van der Waals surface area (Å²) in [5, 5.41) is 0. The Hall–Kier alpha value is -0.790. The standard InChI is InChI=1S/C17H26O2/c1-10-6-7-13-14-8-15(19-12(3)18)11(2)17(10,14)9-16(13,4)5/h10,13-15H,2,6-9H2,1,3-5H3/t10-,13-,14-,15+,17+/m1/s1. The molecule has 3 rings (SSSR count). The average Bonchev–Trinajstić information content (AvgIpc) is 2.62. The molecule has 3 saturated carbocycles. The minimum atomic E-state index is -0.163. The number of rotatable bonds is 1. The van der Waals surface area contributed by atoms with E-state index in [-0.39, 0.29) is 17.5 Å². The molecule has 0 aromatic rings. The van der Waals surface area contributed by atoms with Gasteiger partial charge >= 0.3 is 5.97 Å². The normalized spacial score (nSPS) is 47.1. The molecule has 2 heteroatoms. The van der Waals surface area contributed by atoms with Crippen molar-refractivity contribution in [2.24, 2.45) is 28.6 Å². The summed E-state index contributed by atoms with van der Waals surface area (Å²) in [6.45, 7) is 13.1. The first-order chi connectivity index (χ1) is 8.79. The van der Waals surface area contributed by atoms with Gasteiger partial charge in [0, 0.05) is 12.3 Å². The molecule has 3 aliphatic carbocycles. The van der Waals surface area contributed by atoms with Gasteiger partial charge in [-0.1, -0.05) is 27.4 Å². The van der Waals surface area contributed by atoms with Crippen LogP contribution in [0.25, 0.3) is 0 Å². The summed E-state index contributed by atoms with van der Waals surface area (Å²) < 4.78 is 5.54. The maximum absolute atomic E-state index is 11.3. The van der Waals surface area contributed by atoms with Crippen LogP contribution in [0, 0.1) is 28.6 Å². The largest absolute Gasteiger partial charge is 0.458 e. The van der Waals surface area contributed by atoms with E-state index < -0.39 is 0 Å². The quantitative estimate of drug-likeness (QED) is 0.528. The van der Waals surface area contributed by atoms with E-state index in [2.05, 4.69) is 27.4 Å². The second kappa shape index (κ2) is 3.86. The predicted molar refractivity (Wildman–Crippen MR) is 75.5 cm³/mol. The van der Waals surface area contributed by atoms with Crippen molar-refractivity contribution in [3.63, 3.8) is 0 Å². The van der Waals surface area contributed by atoms with Gasteiger partial charge in [0.15, 0.2) is 0 Å². The molecule has 3 fully saturated rings. The van der Waals surface area contributed by atoms with E-state index in [1.54, 1.807) is 0 Å². The summed E-state index contributed by atoms with van der Waals surface area (Å²) in [4.78, 5) is 11.3. The van der Waals surface area contributed by atoms with Gasteiger partial charge in [-0.2, -0.15) is 0 Å². The lowest BCUT2D eigenvalue weighted by Gasteiger charge is -2.42. The van der Waals surface area contributed by atoms with Gasteiger partial charge in [0.1, 0.15) is 6.10 Å². The Bertz CT molecular complexity index is 437. The molecule has 3 aliphatic rings. The molecule has 0 amide bonds. The highest BCUT2D eigenvalue weighted by molar-refractivity contribution is 5.66. The molecule has 0 aliphatic heterocycles. The monoisotopic (exact) mass is 262 g/mol. The van der Waals surface area contributed by atoms with Crippen LogP contribution >= 0.6 is 0 Å². The first-order valence-electron chi connectivity index (χ1n) is 7.65. The maximum Gasteiger partial charge on any atom is 0.303 e. The lowest BCUT2D eigenvalue weighted by Crippen LogP contribution is -2.36. The van der Waals surface area contributed by atoms with Crippen LogP contribution in [0.4, 0.5) is 0 Å².